The third kappa shape index (κ3) is 6.86. The van der Waals surface area contributed by atoms with Crippen LogP contribution in [0.4, 0.5) is 0 Å². The molecule has 206 valence electrons. The second-order valence-electron chi connectivity index (χ2n) is 9.05. The lowest BCUT2D eigenvalue weighted by Crippen LogP contribution is -2.32. The van der Waals surface area contributed by atoms with Crippen LogP contribution in [0, 0.1) is 0 Å². The molecule has 1 aliphatic heterocycles. The number of hydrogen-bond donors (Lipinski definition) is 1. The van der Waals surface area contributed by atoms with Crippen LogP contribution in [0.2, 0.25) is 0 Å². The van der Waals surface area contributed by atoms with Crippen LogP contribution in [0.5, 0.6) is 17.2 Å². The number of nitrogens with zero attached hydrogens (tertiary/aromatic N) is 1. The fourth-order valence-corrected chi connectivity index (χ4v) is 4.35. The number of benzene rings is 2. The molecule has 0 saturated carbocycles. The molecule has 1 amide bonds. The van der Waals surface area contributed by atoms with Gasteiger partial charge in [-0.3, -0.25) is 9.59 Å². The highest BCUT2D eigenvalue weighted by Gasteiger charge is 2.46. The second-order valence-corrected chi connectivity index (χ2v) is 9.05. The van der Waals surface area contributed by atoms with Crippen molar-refractivity contribution in [2.24, 2.45) is 0 Å². The van der Waals surface area contributed by atoms with Gasteiger partial charge in [0.15, 0.2) is 11.5 Å². The molecule has 1 fully saturated rings. The zero-order chi connectivity index (χ0) is 27.5. The van der Waals surface area contributed by atoms with E-state index < -0.39 is 17.7 Å². The monoisotopic (exact) mass is 525 g/mol. The molecule has 8 heteroatoms. The number of unbranched alkanes of at least 4 members (excludes halogenated alkanes) is 2. The van der Waals surface area contributed by atoms with E-state index in [9.17, 15) is 14.7 Å². The minimum Gasteiger partial charge on any atom is -0.507 e. The number of ketones is 1. The quantitative estimate of drug-likeness (QED) is 0.142. The van der Waals surface area contributed by atoms with Gasteiger partial charge >= 0.3 is 0 Å². The smallest absolute Gasteiger partial charge is 0.295 e. The van der Waals surface area contributed by atoms with Crippen LogP contribution in [0.25, 0.3) is 5.76 Å². The van der Waals surface area contributed by atoms with Crippen LogP contribution in [0.1, 0.15) is 63.6 Å². The molecule has 38 heavy (non-hydrogen) atoms. The molecule has 3 rings (SSSR count). The summed E-state index contributed by atoms with van der Waals surface area (Å²) in [6.07, 6.45) is 3.97. The van der Waals surface area contributed by atoms with Gasteiger partial charge in [0.2, 0.25) is 0 Å². The van der Waals surface area contributed by atoms with E-state index in [1.165, 1.54) is 12.0 Å². The van der Waals surface area contributed by atoms with Crippen molar-refractivity contribution in [3.05, 3.63) is 59.2 Å². The molecule has 0 radical (unpaired) electrons. The highest BCUT2D eigenvalue weighted by molar-refractivity contribution is 6.46. The molecule has 2 aromatic carbocycles. The van der Waals surface area contributed by atoms with Crippen LogP contribution in [0.3, 0.4) is 0 Å². The van der Waals surface area contributed by atoms with E-state index in [1.807, 2.05) is 19.9 Å². The van der Waals surface area contributed by atoms with E-state index in [1.54, 1.807) is 36.4 Å². The van der Waals surface area contributed by atoms with Gasteiger partial charge in [-0.25, -0.2) is 0 Å². The first-order chi connectivity index (χ1) is 18.5. The normalized spacial score (nSPS) is 16.6. The van der Waals surface area contributed by atoms with E-state index >= 15 is 0 Å². The average molecular weight is 526 g/mol. The molecule has 2 aromatic rings. The van der Waals surface area contributed by atoms with Crippen molar-refractivity contribution < 1.29 is 33.6 Å². The molecular formula is C30H39NO7. The van der Waals surface area contributed by atoms with Gasteiger partial charge in [-0.1, -0.05) is 32.8 Å². The Morgan fingerprint density at radius 3 is 2.29 bits per heavy atom. The predicted molar refractivity (Wildman–Crippen MR) is 146 cm³/mol. The number of rotatable bonds is 15. The second kappa shape index (κ2) is 14.4. The summed E-state index contributed by atoms with van der Waals surface area (Å²) in [6, 6.07) is 11.4. The van der Waals surface area contributed by atoms with Crippen molar-refractivity contribution >= 4 is 17.4 Å². The van der Waals surface area contributed by atoms with Crippen LogP contribution in [-0.2, 0) is 14.3 Å². The van der Waals surface area contributed by atoms with Gasteiger partial charge in [-0.05, 0) is 61.7 Å². The zero-order valence-electron chi connectivity index (χ0n) is 22.8. The maximum atomic E-state index is 13.2. The highest BCUT2D eigenvalue weighted by Crippen LogP contribution is 2.42. The average Bonchev–Trinajstić information content (AvgIpc) is 3.18. The van der Waals surface area contributed by atoms with E-state index in [4.69, 9.17) is 18.9 Å². The number of amides is 1. The van der Waals surface area contributed by atoms with Crippen molar-refractivity contribution in [1.29, 1.82) is 0 Å². The number of likely N-dealkylation sites (tertiary alicyclic amines) is 1. The maximum Gasteiger partial charge on any atom is 0.295 e. The first-order valence-electron chi connectivity index (χ1n) is 13.4. The third-order valence-electron chi connectivity index (χ3n) is 6.27. The van der Waals surface area contributed by atoms with E-state index in [0.717, 1.165) is 25.7 Å². The molecule has 1 unspecified atom stereocenters. The van der Waals surface area contributed by atoms with Gasteiger partial charge in [0.25, 0.3) is 11.7 Å². The summed E-state index contributed by atoms with van der Waals surface area (Å²) in [5, 5.41) is 11.3. The van der Waals surface area contributed by atoms with Crippen molar-refractivity contribution in [3.63, 3.8) is 0 Å². The summed E-state index contributed by atoms with van der Waals surface area (Å²) in [5.74, 6) is 0.117. The number of methoxy groups -OCH3 is 1. The Morgan fingerprint density at radius 1 is 0.868 bits per heavy atom. The molecular weight excluding hydrogens is 486 g/mol. The van der Waals surface area contributed by atoms with Crippen molar-refractivity contribution in [3.8, 4) is 17.2 Å². The fraction of sp³-hybridized carbons (Fsp3) is 0.467. The van der Waals surface area contributed by atoms with Crippen molar-refractivity contribution in [2.75, 3.05) is 40.1 Å². The molecule has 1 saturated heterocycles. The summed E-state index contributed by atoms with van der Waals surface area (Å²) in [7, 11) is 1.53. The summed E-state index contributed by atoms with van der Waals surface area (Å²) < 4.78 is 22.6. The molecule has 1 heterocycles. The van der Waals surface area contributed by atoms with E-state index in [0.29, 0.717) is 48.2 Å². The van der Waals surface area contributed by atoms with Gasteiger partial charge in [-0.15, -0.1) is 0 Å². The van der Waals surface area contributed by atoms with Gasteiger partial charge < -0.3 is 29.0 Å². The summed E-state index contributed by atoms with van der Waals surface area (Å²) in [6.45, 7) is 8.03. The van der Waals surface area contributed by atoms with Crippen molar-refractivity contribution in [2.45, 2.75) is 52.5 Å². The Bertz CT molecular complexity index is 1110. The lowest BCUT2D eigenvalue weighted by atomic mass is 9.95. The fourth-order valence-electron chi connectivity index (χ4n) is 4.35. The summed E-state index contributed by atoms with van der Waals surface area (Å²) in [5.41, 5.74) is 1.08. The Hall–Kier alpha value is -3.52. The Labute approximate surface area is 225 Å². The molecule has 8 nitrogen and oxygen atoms in total. The van der Waals surface area contributed by atoms with Gasteiger partial charge in [-0.2, -0.15) is 0 Å². The largest absolute Gasteiger partial charge is 0.507 e. The molecule has 0 spiro atoms. The highest BCUT2D eigenvalue weighted by atomic mass is 16.5. The molecule has 1 atom stereocenters. The number of aliphatic hydroxyl groups is 1. The number of carbonyl (C=O) groups is 2. The number of Topliss-reactive ketones (excluding diaryl/α,β-unsaturated/α-hetero) is 1. The number of carbonyl (C=O) groups excluding carboxylic acids is 2. The predicted octanol–water partition coefficient (Wildman–Crippen LogP) is 5.51. The van der Waals surface area contributed by atoms with Gasteiger partial charge in [0.1, 0.15) is 11.5 Å². The van der Waals surface area contributed by atoms with Gasteiger partial charge in [0, 0.05) is 19.2 Å². The van der Waals surface area contributed by atoms with E-state index in [2.05, 4.69) is 6.92 Å². The van der Waals surface area contributed by atoms with Gasteiger partial charge in [0.05, 0.1) is 38.0 Å². The van der Waals surface area contributed by atoms with Crippen LogP contribution >= 0.6 is 0 Å². The standard InChI is InChI=1S/C30H39NO7/c1-5-8-9-18-38-24-15-12-22(20-25(24)36-7-3)27-26(29(33)30(34)31(27)16-19-35-4)28(32)21-10-13-23(14-11-21)37-17-6-2/h10-15,20,27,32H,5-9,16-19H2,1-4H3/b28-26+. The topological polar surface area (TPSA) is 94.5 Å². The lowest BCUT2D eigenvalue weighted by molar-refractivity contribution is -0.140. The number of hydrogen-bond acceptors (Lipinski definition) is 7. The molecule has 1 aliphatic rings. The maximum absolute atomic E-state index is 13.2. The van der Waals surface area contributed by atoms with Crippen LogP contribution in [-0.4, -0.2) is 61.8 Å². The lowest BCUT2D eigenvalue weighted by Gasteiger charge is -2.26. The SMILES string of the molecule is CCCCCOc1ccc(C2/C(=C(\O)c3ccc(OCCC)cc3)C(=O)C(=O)N2CCOC)cc1OCC. The zero-order valence-corrected chi connectivity index (χ0v) is 22.8. The van der Waals surface area contributed by atoms with Crippen LogP contribution < -0.4 is 14.2 Å². The molecule has 1 N–H and O–H groups in total. The summed E-state index contributed by atoms with van der Waals surface area (Å²) >= 11 is 0. The van der Waals surface area contributed by atoms with Crippen molar-refractivity contribution in [1.82, 2.24) is 4.90 Å². The molecule has 0 aliphatic carbocycles. The minimum atomic E-state index is -0.811. The third-order valence-corrected chi connectivity index (χ3v) is 6.27. The first-order valence-corrected chi connectivity index (χ1v) is 13.4. The number of ether oxygens (including phenoxy) is 4. The van der Waals surface area contributed by atoms with E-state index in [-0.39, 0.29) is 24.5 Å². The summed E-state index contributed by atoms with van der Waals surface area (Å²) in [4.78, 5) is 27.8. The molecule has 0 bridgehead atoms. The molecule has 0 aromatic heterocycles. The Morgan fingerprint density at radius 2 is 1.63 bits per heavy atom. The Kier molecular flexibility index (Phi) is 11.0. The first kappa shape index (κ1) is 29.0. The van der Waals surface area contributed by atoms with Crippen LogP contribution in [0.15, 0.2) is 48.0 Å². The minimum absolute atomic E-state index is 0.0207. The Balaban J connectivity index is 2.04. The number of aliphatic hydroxyl groups excluding tert-OH is 1.